The number of carbonyl (C=O) groups is 1. The Hall–Kier alpha value is -2.35. The highest BCUT2D eigenvalue weighted by molar-refractivity contribution is 5.75. The zero-order chi connectivity index (χ0) is 17.6. The maximum atomic E-state index is 13.6. The third kappa shape index (κ3) is 2.90. The number of imidazole rings is 1. The van der Waals surface area contributed by atoms with Gasteiger partial charge in [0.15, 0.2) is 0 Å². The Bertz CT molecular complexity index is 853. The van der Waals surface area contributed by atoms with Crippen LogP contribution in [0.3, 0.4) is 0 Å². The number of nitrogens with one attached hydrogen (secondary N) is 1. The molecule has 0 spiro atoms. The summed E-state index contributed by atoms with van der Waals surface area (Å²) < 4.78 is 15.2. The van der Waals surface area contributed by atoms with Crippen LogP contribution < -0.4 is 5.69 Å². The number of H-pyrrole nitrogens is 1. The van der Waals surface area contributed by atoms with Gasteiger partial charge in [-0.3, -0.25) is 9.47 Å². The SMILES string of the molecule is O=C(O)N1CCC(N2CCC(n3c(=O)[nH]c4ccc(F)cc43)CC2)C1. The van der Waals surface area contributed by atoms with E-state index in [-0.39, 0.29) is 23.6 Å². The average Bonchev–Trinajstić information content (AvgIpc) is 3.19. The molecule has 8 heteroatoms. The van der Waals surface area contributed by atoms with E-state index in [0.717, 1.165) is 32.4 Å². The number of benzene rings is 1. The van der Waals surface area contributed by atoms with Gasteiger partial charge in [-0.25, -0.2) is 14.0 Å². The fourth-order valence-corrected chi connectivity index (χ4v) is 4.18. The lowest BCUT2D eigenvalue weighted by Crippen LogP contribution is -2.44. The van der Waals surface area contributed by atoms with Gasteiger partial charge < -0.3 is 15.0 Å². The first kappa shape index (κ1) is 16.1. The molecule has 0 saturated carbocycles. The summed E-state index contributed by atoms with van der Waals surface area (Å²) in [5.41, 5.74) is 1.07. The normalized spacial score (nSPS) is 22.8. The quantitative estimate of drug-likeness (QED) is 0.868. The molecule has 1 unspecified atom stereocenters. The number of aromatic nitrogens is 2. The molecular weight excluding hydrogens is 327 g/mol. The third-order valence-corrected chi connectivity index (χ3v) is 5.49. The van der Waals surface area contributed by atoms with Crippen LogP contribution in [0, 0.1) is 5.82 Å². The lowest BCUT2D eigenvalue weighted by Gasteiger charge is -2.36. The van der Waals surface area contributed by atoms with Gasteiger partial charge in [0.05, 0.1) is 11.0 Å². The van der Waals surface area contributed by atoms with Crippen LogP contribution in [0.25, 0.3) is 11.0 Å². The first-order chi connectivity index (χ1) is 12.0. The van der Waals surface area contributed by atoms with Crippen LogP contribution in [0.5, 0.6) is 0 Å². The molecule has 2 saturated heterocycles. The van der Waals surface area contributed by atoms with Gasteiger partial charge in [-0.05, 0) is 37.5 Å². The van der Waals surface area contributed by atoms with Gasteiger partial charge in [0.25, 0.3) is 0 Å². The number of piperidine rings is 1. The van der Waals surface area contributed by atoms with Gasteiger partial charge in [-0.15, -0.1) is 0 Å². The second-order valence-electron chi connectivity index (χ2n) is 6.90. The smallest absolute Gasteiger partial charge is 0.407 e. The van der Waals surface area contributed by atoms with E-state index in [0.29, 0.717) is 24.1 Å². The minimum absolute atomic E-state index is 0.0382. The zero-order valence-electron chi connectivity index (χ0n) is 13.8. The highest BCUT2D eigenvalue weighted by atomic mass is 19.1. The Morgan fingerprint density at radius 3 is 2.56 bits per heavy atom. The van der Waals surface area contributed by atoms with E-state index in [1.54, 1.807) is 10.6 Å². The highest BCUT2D eigenvalue weighted by Gasteiger charge is 2.33. The number of hydrogen-bond donors (Lipinski definition) is 2. The fourth-order valence-electron chi connectivity index (χ4n) is 4.18. The van der Waals surface area contributed by atoms with Gasteiger partial charge >= 0.3 is 11.8 Å². The Kier molecular flexibility index (Phi) is 3.99. The van der Waals surface area contributed by atoms with Crippen LogP contribution in [0.1, 0.15) is 25.3 Å². The summed E-state index contributed by atoms with van der Waals surface area (Å²) in [7, 11) is 0. The molecule has 1 atom stereocenters. The predicted octanol–water partition coefficient (Wildman–Crippen LogP) is 1.86. The first-order valence-corrected chi connectivity index (χ1v) is 8.64. The first-order valence-electron chi connectivity index (χ1n) is 8.64. The molecule has 1 aromatic carbocycles. The molecular formula is C17H21FN4O3. The van der Waals surface area contributed by atoms with Gasteiger partial charge in [-0.1, -0.05) is 0 Å². The summed E-state index contributed by atoms with van der Waals surface area (Å²) in [6, 6.07) is 4.64. The number of amides is 1. The van der Waals surface area contributed by atoms with Crippen molar-refractivity contribution in [2.45, 2.75) is 31.3 Å². The van der Waals surface area contributed by atoms with Crippen LogP contribution in [0.2, 0.25) is 0 Å². The Balaban J connectivity index is 1.48. The van der Waals surface area contributed by atoms with Gasteiger partial charge in [0.2, 0.25) is 0 Å². The molecule has 3 heterocycles. The molecule has 2 aliphatic heterocycles. The van der Waals surface area contributed by atoms with Crippen molar-refractivity contribution in [3.05, 3.63) is 34.5 Å². The lowest BCUT2D eigenvalue weighted by atomic mass is 10.0. The fraction of sp³-hybridized carbons (Fsp3) is 0.529. The number of halogens is 1. The summed E-state index contributed by atoms with van der Waals surface area (Å²) in [6.45, 7) is 2.77. The van der Waals surface area contributed by atoms with Gasteiger partial charge in [-0.2, -0.15) is 0 Å². The molecule has 0 bridgehead atoms. The topological polar surface area (TPSA) is 81.6 Å². The molecule has 0 radical (unpaired) electrons. The number of carboxylic acid groups (broad SMARTS) is 1. The van der Waals surface area contributed by atoms with Crippen LogP contribution in [0.4, 0.5) is 9.18 Å². The van der Waals surface area contributed by atoms with Crippen molar-refractivity contribution < 1.29 is 14.3 Å². The average molecular weight is 348 g/mol. The summed E-state index contributed by atoms with van der Waals surface area (Å²) >= 11 is 0. The van der Waals surface area contributed by atoms with Crippen LogP contribution in [-0.4, -0.2) is 62.8 Å². The predicted molar refractivity (Wildman–Crippen MR) is 90.4 cm³/mol. The molecule has 4 rings (SSSR count). The van der Waals surface area contributed by atoms with Crippen molar-refractivity contribution in [1.29, 1.82) is 0 Å². The van der Waals surface area contributed by atoms with Crippen molar-refractivity contribution in [2.75, 3.05) is 26.2 Å². The molecule has 134 valence electrons. The Labute approximate surface area is 143 Å². The number of hydrogen-bond acceptors (Lipinski definition) is 3. The van der Waals surface area contributed by atoms with Crippen LogP contribution >= 0.6 is 0 Å². The number of aromatic amines is 1. The van der Waals surface area contributed by atoms with E-state index in [1.807, 2.05) is 0 Å². The highest BCUT2D eigenvalue weighted by Crippen LogP contribution is 2.28. The molecule has 2 aromatic rings. The number of nitrogens with zero attached hydrogens (tertiary/aromatic N) is 3. The minimum Gasteiger partial charge on any atom is -0.465 e. The van der Waals surface area contributed by atoms with E-state index < -0.39 is 6.09 Å². The number of rotatable bonds is 2. The summed E-state index contributed by atoms with van der Waals surface area (Å²) in [6.07, 6.45) is 1.60. The molecule has 25 heavy (non-hydrogen) atoms. The minimum atomic E-state index is -0.857. The Morgan fingerprint density at radius 1 is 1.16 bits per heavy atom. The maximum Gasteiger partial charge on any atom is 0.407 e. The second kappa shape index (κ2) is 6.18. The van der Waals surface area contributed by atoms with Crippen molar-refractivity contribution in [2.24, 2.45) is 0 Å². The Morgan fingerprint density at radius 2 is 1.88 bits per heavy atom. The molecule has 2 fully saturated rings. The summed E-state index contributed by atoms with van der Waals surface area (Å²) in [5.74, 6) is -0.350. The summed E-state index contributed by atoms with van der Waals surface area (Å²) in [4.78, 5) is 29.9. The van der Waals surface area contributed by atoms with E-state index in [1.165, 1.54) is 17.0 Å². The standard InChI is InChI=1S/C17H21FN4O3/c18-11-1-2-14-15(9-11)22(16(23)19-14)12-3-6-20(7-4-12)13-5-8-21(10-13)17(24)25/h1-2,9,12-13H,3-8,10H2,(H,19,23)(H,24,25). The van der Waals surface area contributed by atoms with E-state index >= 15 is 0 Å². The number of likely N-dealkylation sites (tertiary alicyclic amines) is 2. The molecule has 2 aliphatic rings. The second-order valence-corrected chi connectivity index (χ2v) is 6.90. The van der Waals surface area contributed by atoms with Crippen molar-refractivity contribution in [1.82, 2.24) is 19.4 Å². The van der Waals surface area contributed by atoms with Gasteiger partial charge in [0.1, 0.15) is 5.82 Å². The molecule has 0 aliphatic carbocycles. The monoisotopic (exact) mass is 348 g/mol. The van der Waals surface area contributed by atoms with Crippen LogP contribution in [-0.2, 0) is 0 Å². The molecule has 1 aromatic heterocycles. The van der Waals surface area contributed by atoms with E-state index in [9.17, 15) is 14.0 Å². The van der Waals surface area contributed by atoms with Crippen molar-refractivity contribution >= 4 is 17.1 Å². The third-order valence-electron chi connectivity index (χ3n) is 5.49. The van der Waals surface area contributed by atoms with Crippen molar-refractivity contribution in [3.8, 4) is 0 Å². The van der Waals surface area contributed by atoms with E-state index in [4.69, 9.17) is 5.11 Å². The molecule has 1 amide bonds. The van der Waals surface area contributed by atoms with Gasteiger partial charge in [0, 0.05) is 38.3 Å². The molecule has 2 N–H and O–H groups in total. The van der Waals surface area contributed by atoms with E-state index in [2.05, 4.69) is 9.88 Å². The number of fused-ring (bicyclic) bond motifs is 1. The lowest BCUT2D eigenvalue weighted by molar-refractivity contribution is 0.126. The summed E-state index contributed by atoms with van der Waals surface area (Å²) in [5, 5.41) is 9.09. The molecule has 7 nitrogen and oxygen atoms in total. The van der Waals surface area contributed by atoms with Crippen molar-refractivity contribution in [3.63, 3.8) is 0 Å². The van der Waals surface area contributed by atoms with Crippen LogP contribution in [0.15, 0.2) is 23.0 Å². The maximum absolute atomic E-state index is 13.6. The largest absolute Gasteiger partial charge is 0.465 e. The zero-order valence-corrected chi connectivity index (χ0v) is 13.8.